The largest absolute Gasteiger partial charge is 0.309 e. The molecule has 0 bridgehead atoms. The SMILES string of the molecule is Cc1cc(Br)ccc1-c1nnc2n1CCNC2. The van der Waals surface area contributed by atoms with Crippen LogP contribution in [0, 0.1) is 6.92 Å². The molecule has 0 spiro atoms. The van der Waals surface area contributed by atoms with Crippen LogP contribution in [0.2, 0.25) is 0 Å². The van der Waals surface area contributed by atoms with Crippen molar-refractivity contribution in [3.63, 3.8) is 0 Å². The van der Waals surface area contributed by atoms with Gasteiger partial charge in [0.25, 0.3) is 0 Å². The van der Waals surface area contributed by atoms with E-state index >= 15 is 0 Å². The number of nitrogens with zero attached hydrogens (tertiary/aromatic N) is 3. The summed E-state index contributed by atoms with van der Waals surface area (Å²) in [6, 6.07) is 6.25. The molecule has 2 aromatic rings. The molecule has 88 valence electrons. The summed E-state index contributed by atoms with van der Waals surface area (Å²) in [6.45, 7) is 4.83. The molecule has 0 radical (unpaired) electrons. The molecule has 0 saturated carbocycles. The Morgan fingerprint density at radius 2 is 2.24 bits per heavy atom. The number of halogens is 1. The van der Waals surface area contributed by atoms with Gasteiger partial charge < -0.3 is 9.88 Å². The number of rotatable bonds is 1. The third kappa shape index (κ3) is 1.89. The van der Waals surface area contributed by atoms with E-state index < -0.39 is 0 Å². The molecule has 5 heteroatoms. The highest BCUT2D eigenvalue weighted by Crippen LogP contribution is 2.25. The van der Waals surface area contributed by atoms with Gasteiger partial charge >= 0.3 is 0 Å². The van der Waals surface area contributed by atoms with Crippen LogP contribution in [0.1, 0.15) is 11.4 Å². The van der Waals surface area contributed by atoms with Gasteiger partial charge in [0.2, 0.25) is 0 Å². The van der Waals surface area contributed by atoms with Gasteiger partial charge in [0.05, 0.1) is 6.54 Å². The molecule has 0 saturated heterocycles. The number of aromatic nitrogens is 3. The lowest BCUT2D eigenvalue weighted by molar-refractivity contribution is 0.508. The Hall–Kier alpha value is -1.20. The molecule has 4 nitrogen and oxygen atoms in total. The number of hydrogen-bond acceptors (Lipinski definition) is 3. The average molecular weight is 293 g/mol. The van der Waals surface area contributed by atoms with Crippen molar-refractivity contribution in [1.29, 1.82) is 0 Å². The lowest BCUT2D eigenvalue weighted by Gasteiger charge is -2.16. The maximum atomic E-state index is 4.32. The molecular weight excluding hydrogens is 280 g/mol. The minimum atomic E-state index is 0.808. The molecule has 0 fully saturated rings. The van der Waals surface area contributed by atoms with Crippen LogP contribution in [0.25, 0.3) is 11.4 Å². The fourth-order valence-corrected chi connectivity index (χ4v) is 2.64. The summed E-state index contributed by atoms with van der Waals surface area (Å²) in [5.74, 6) is 2.00. The predicted octanol–water partition coefficient (Wildman–Crippen LogP) is 2.12. The minimum absolute atomic E-state index is 0.808. The van der Waals surface area contributed by atoms with Crippen molar-refractivity contribution in [2.24, 2.45) is 0 Å². The van der Waals surface area contributed by atoms with Gasteiger partial charge in [-0.3, -0.25) is 0 Å². The lowest BCUT2D eigenvalue weighted by Crippen LogP contribution is -2.28. The zero-order valence-corrected chi connectivity index (χ0v) is 11.2. The first kappa shape index (κ1) is 10.9. The highest BCUT2D eigenvalue weighted by molar-refractivity contribution is 9.10. The molecule has 3 rings (SSSR count). The first-order valence-corrected chi connectivity index (χ1v) is 6.44. The van der Waals surface area contributed by atoms with E-state index in [9.17, 15) is 0 Å². The number of fused-ring (bicyclic) bond motifs is 1. The van der Waals surface area contributed by atoms with E-state index in [1.807, 2.05) is 6.07 Å². The van der Waals surface area contributed by atoms with Crippen LogP contribution in [0.5, 0.6) is 0 Å². The van der Waals surface area contributed by atoms with Crippen molar-refractivity contribution >= 4 is 15.9 Å². The van der Waals surface area contributed by atoms with E-state index in [0.29, 0.717) is 0 Å². The van der Waals surface area contributed by atoms with Gasteiger partial charge in [0.1, 0.15) is 5.82 Å². The number of benzene rings is 1. The van der Waals surface area contributed by atoms with Crippen LogP contribution >= 0.6 is 15.9 Å². The predicted molar refractivity (Wildman–Crippen MR) is 69.6 cm³/mol. The van der Waals surface area contributed by atoms with Crippen LogP contribution in [0.3, 0.4) is 0 Å². The second-order valence-electron chi connectivity index (χ2n) is 4.23. The fraction of sp³-hybridized carbons (Fsp3) is 0.333. The minimum Gasteiger partial charge on any atom is -0.309 e. The quantitative estimate of drug-likeness (QED) is 0.876. The number of aryl methyl sites for hydroxylation is 1. The Labute approximate surface area is 108 Å². The molecule has 1 aromatic heterocycles. The Balaban J connectivity index is 2.12. The summed E-state index contributed by atoms with van der Waals surface area (Å²) in [5.41, 5.74) is 2.38. The second-order valence-corrected chi connectivity index (χ2v) is 5.14. The van der Waals surface area contributed by atoms with E-state index in [0.717, 1.165) is 41.3 Å². The van der Waals surface area contributed by atoms with Crippen molar-refractivity contribution in [3.8, 4) is 11.4 Å². The van der Waals surface area contributed by atoms with Crippen molar-refractivity contribution in [1.82, 2.24) is 20.1 Å². The zero-order chi connectivity index (χ0) is 11.8. The monoisotopic (exact) mass is 292 g/mol. The average Bonchev–Trinajstić information content (AvgIpc) is 2.73. The standard InChI is InChI=1S/C12H13BrN4/c1-8-6-9(13)2-3-10(8)12-16-15-11-7-14-4-5-17(11)12/h2-3,6,14H,4-5,7H2,1H3. The van der Waals surface area contributed by atoms with Gasteiger partial charge in [-0.25, -0.2) is 0 Å². The van der Waals surface area contributed by atoms with Crippen molar-refractivity contribution in [2.75, 3.05) is 6.54 Å². The van der Waals surface area contributed by atoms with Crippen LogP contribution < -0.4 is 5.32 Å². The maximum Gasteiger partial charge on any atom is 0.164 e. The van der Waals surface area contributed by atoms with Crippen LogP contribution in [0.4, 0.5) is 0 Å². The Bertz CT molecular complexity index is 562. The van der Waals surface area contributed by atoms with Gasteiger partial charge in [0.15, 0.2) is 5.82 Å². The van der Waals surface area contributed by atoms with Gasteiger partial charge in [-0.1, -0.05) is 15.9 Å². The highest BCUT2D eigenvalue weighted by Gasteiger charge is 2.17. The first-order chi connectivity index (χ1) is 8.25. The van der Waals surface area contributed by atoms with Gasteiger partial charge in [0, 0.05) is 23.1 Å². The Kier molecular flexibility index (Phi) is 2.72. The molecular formula is C12H13BrN4. The highest BCUT2D eigenvalue weighted by atomic mass is 79.9. The smallest absolute Gasteiger partial charge is 0.164 e. The first-order valence-electron chi connectivity index (χ1n) is 5.65. The van der Waals surface area contributed by atoms with Crippen LogP contribution in [-0.2, 0) is 13.1 Å². The summed E-state index contributed by atoms with van der Waals surface area (Å²) < 4.78 is 3.30. The molecule has 0 atom stereocenters. The Morgan fingerprint density at radius 1 is 1.35 bits per heavy atom. The third-order valence-corrected chi connectivity index (χ3v) is 3.55. The fourth-order valence-electron chi connectivity index (χ4n) is 2.17. The van der Waals surface area contributed by atoms with E-state index in [2.05, 4.69) is 55.1 Å². The molecule has 1 aromatic carbocycles. The molecule has 2 heterocycles. The van der Waals surface area contributed by atoms with Crippen molar-refractivity contribution in [3.05, 3.63) is 34.1 Å². The van der Waals surface area contributed by atoms with E-state index in [4.69, 9.17) is 0 Å². The van der Waals surface area contributed by atoms with Crippen LogP contribution in [0.15, 0.2) is 22.7 Å². The van der Waals surface area contributed by atoms with E-state index in [1.165, 1.54) is 5.56 Å². The lowest BCUT2D eigenvalue weighted by atomic mass is 10.1. The number of hydrogen-bond donors (Lipinski definition) is 1. The molecule has 0 amide bonds. The van der Waals surface area contributed by atoms with Gasteiger partial charge in [-0.15, -0.1) is 10.2 Å². The van der Waals surface area contributed by atoms with Crippen molar-refractivity contribution < 1.29 is 0 Å². The van der Waals surface area contributed by atoms with Gasteiger partial charge in [-0.05, 0) is 30.7 Å². The van der Waals surface area contributed by atoms with Crippen LogP contribution in [-0.4, -0.2) is 21.3 Å². The normalized spacial score (nSPS) is 14.7. The molecule has 17 heavy (non-hydrogen) atoms. The van der Waals surface area contributed by atoms with E-state index in [-0.39, 0.29) is 0 Å². The maximum absolute atomic E-state index is 4.32. The third-order valence-electron chi connectivity index (χ3n) is 3.05. The molecule has 0 unspecified atom stereocenters. The summed E-state index contributed by atoms with van der Waals surface area (Å²) in [6.07, 6.45) is 0. The topological polar surface area (TPSA) is 42.7 Å². The van der Waals surface area contributed by atoms with Crippen molar-refractivity contribution in [2.45, 2.75) is 20.0 Å². The summed E-state index contributed by atoms with van der Waals surface area (Å²) in [4.78, 5) is 0. The molecule has 1 N–H and O–H groups in total. The second kappa shape index (κ2) is 4.23. The molecule has 1 aliphatic rings. The summed E-state index contributed by atoms with van der Waals surface area (Å²) in [5, 5.41) is 11.9. The summed E-state index contributed by atoms with van der Waals surface area (Å²) in [7, 11) is 0. The summed E-state index contributed by atoms with van der Waals surface area (Å²) >= 11 is 3.48. The Morgan fingerprint density at radius 3 is 3.06 bits per heavy atom. The van der Waals surface area contributed by atoms with E-state index in [1.54, 1.807) is 0 Å². The molecule has 0 aliphatic carbocycles. The zero-order valence-electron chi connectivity index (χ0n) is 9.57. The van der Waals surface area contributed by atoms with Gasteiger partial charge in [-0.2, -0.15) is 0 Å². The number of nitrogens with one attached hydrogen (secondary N) is 1. The molecule has 1 aliphatic heterocycles.